The monoisotopic (exact) mass is 1070 g/mol. The van der Waals surface area contributed by atoms with Gasteiger partial charge in [0.15, 0.2) is 5.96 Å². The molecule has 0 saturated carbocycles. The van der Waals surface area contributed by atoms with E-state index < -0.39 is 157 Å². The van der Waals surface area contributed by atoms with Gasteiger partial charge in [-0.1, -0.05) is 61.8 Å². The van der Waals surface area contributed by atoms with E-state index in [9.17, 15) is 68.1 Å². The summed E-state index contributed by atoms with van der Waals surface area (Å²) in [6.07, 6.45) is 0.240. The van der Waals surface area contributed by atoms with Crippen LogP contribution in [0.25, 0.3) is 0 Å². The van der Waals surface area contributed by atoms with E-state index in [-0.39, 0.29) is 56.4 Å². The van der Waals surface area contributed by atoms with Crippen molar-refractivity contribution in [3.8, 4) is 0 Å². The number of nitrogens with one attached hydrogen (secondary N) is 8. The molecule has 0 aliphatic rings. The Kier molecular flexibility index (Phi) is 32.1. The second-order valence-corrected chi connectivity index (χ2v) is 20.4. The van der Waals surface area contributed by atoms with E-state index in [2.05, 4.69) is 47.5 Å². The molecule has 0 aliphatic heterocycles. The van der Waals surface area contributed by atoms with Crippen molar-refractivity contribution < 1.29 is 68.1 Å². The van der Waals surface area contributed by atoms with Crippen molar-refractivity contribution >= 4 is 82.9 Å². The Labute approximate surface area is 437 Å². The van der Waals surface area contributed by atoms with Gasteiger partial charge in [0.05, 0.1) is 6.04 Å². The number of aliphatic imine (C=N–C) groups is 1. The van der Waals surface area contributed by atoms with Crippen molar-refractivity contribution in [2.75, 3.05) is 18.6 Å². The lowest BCUT2D eigenvalue weighted by Crippen LogP contribution is -2.61. The van der Waals surface area contributed by atoms with Gasteiger partial charge in [-0.2, -0.15) is 11.8 Å². The number of carbonyl (C=O) groups excluding carboxylic acids is 8. The molecule has 0 aliphatic carbocycles. The molecule has 8 amide bonds. The normalized spacial score (nSPS) is 15.3. The summed E-state index contributed by atoms with van der Waals surface area (Å²) < 4.78 is 0. The summed E-state index contributed by atoms with van der Waals surface area (Å²) in [5, 5.41) is 49.2. The Morgan fingerprint density at radius 3 is 1.30 bits per heavy atom. The Bertz CT molecular complexity index is 1930. The molecule has 0 spiro atoms. The van der Waals surface area contributed by atoms with Gasteiger partial charge >= 0.3 is 17.9 Å². The third kappa shape index (κ3) is 27.2. The lowest BCUT2D eigenvalue weighted by molar-refractivity contribution is -0.143. The molecule has 0 saturated heterocycles. The molecule has 0 aromatic heterocycles. The summed E-state index contributed by atoms with van der Waals surface area (Å²) in [6, 6.07) is -12.0. The lowest BCUT2D eigenvalue weighted by atomic mass is 9.96. The summed E-state index contributed by atoms with van der Waals surface area (Å²) in [7, 11) is 0. The van der Waals surface area contributed by atoms with Gasteiger partial charge in [0.1, 0.15) is 48.3 Å². The molecule has 0 bridgehead atoms. The Balaban J connectivity index is 6.79. The molecule has 27 heteroatoms. The van der Waals surface area contributed by atoms with Crippen molar-refractivity contribution in [3.05, 3.63) is 0 Å². The minimum Gasteiger partial charge on any atom is -0.481 e. The maximum absolute atomic E-state index is 14.1. The highest BCUT2D eigenvalue weighted by atomic mass is 32.2. The first-order chi connectivity index (χ1) is 34.4. The summed E-state index contributed by atoms with van der Waals surface area (Å²) >= 11 is 1.42. The number of carbonyl (C=O) groups is 11. The quantitative estimate of drug-likeness (QED) is 0.0194. The summed E-state index contributed by atoms with van der Waals surface area (Å²) in [6.45, 7) is 15.0. The number of carboxylic acids is 3. The molecule has 0 heterocycles. The number of hydrogen-bond acceptors (Lipinski definition) is 14. The average Bonchev–Trinajstić information content (AvgIpc) is 3.30. The van der Waals surface area contributed by atoms with Gasteiger partial charge in [-0.3, -0.25) is 52.9 Å². The standard InChI is InChI=1S/C47H84N12O14S/c1-11-26(8)37(59-42(68)31(18-20-74-10)52-38(64)27(9)48)45(71)55-30(15-17-35(62)63)41(67)56-32(21-23(2)3)43(69)58-36(25(6)7)44(70)54-29(14-16-34(60)61)40(66)53-28(13-12-19-51-47(49)50)39(65)57-33(46(72)73)22-24(4)5/h23-33,36-37H,11-22,48H2,1-10H3,(H,52,64)(H,53,66)(H,54,70)(H,55,71)(H,56,67)(H,57,65)(H,58,69)(H,59,68)(H,60,61)(H,62,63)(H,72,73)(H4,49,50,51)/t26-,27-,28-,29-,30-,31-,32-,33-,36-,37-/m0/s1. The highest BCUT2D eigenvalue weighted by Crippen LogP contribution is 2.14. The molecule has 10 atom stereocenters. The highest BCUT2D eigenvalue weighted by Gasteiger charge is 2.37. The molecule has 0 unspecified atom stereocenters. The van der Waals surface area contributed by atoms with Crippen LogP contribution in [-0.4, -0.2) is 159 Å². The summed E-state index contributed by atoms with van der Waals surface area (Å²) in [4.78, 5) is 149. The smallest absolute Gasteiger partial charge is 0.326 e. The number of carboxylic acid groups (broad SMARTS) is 3. The molecule has 26 nitrogen and oxygen atoms in total. The van der Waals surface area contributed by atoms with Crippen molar-refractivity contribution in [1.29, 1.82) is 0 Å². The molecule has 0 fully saturated rings. The zero-order valence-corrected chi connectivity index (χ0v) is 45.2. The molecule has 0 aromatic rings. The molecule has 74 heavy (non-hydrogen) atoms. The van der Waals surface area contributed by atoms with Crippen LogP contribution >= 0.6 is 11.8 Å². The van der Waals surface area contributed by atoms with Crippen LogP contribution in [0.15, 0.2) is 4.99 Å². The van der Waals surface area contributed by atoms with Crippen LogP contribution in [0.3, 0.4) is 0 Å². The van der Waals surface area contributed by atoms with Crippen molar-refractivity contribution in [2.45, 2.75) is 181 Å². The molecular weight excluding hydrogens is 989 g/mol. The number of nitrogens with zero attached hydrogens (tertiary/aromatic N) is 1. The van der Waals surface area contributed by atoms with Crippen molar-refractivity contribution in [3.63, 3.8) is 0 Å². The molecule has 0 rings (SSSR count). The van der Waals surface area contributed by atoms with E-state index in [1.54, 1.807) is 61.6 Å². The van der Waals surface area contributed by atoms with Crippen molar-refractivity contribution in [2.24, 2.45) is 45.9 Å². The van der Waals surface area contributed by atoms with Crippen LogP contribution in [0.2, 0.25) is 0 Å². The third-order valence-electron chi connectivity index (χ3n) is 11.5. The first-order valence-corrected chi connectivity index (χ1v) is 26.2. The number of nitrogens with two attached hydrogens (primary N) is 3. The lowest BCUT2D eigenvalue weighted by Gasteiger charge is -2.30. The maximum Gasteiger partial charge on any atom is 0.326 e. The summed E-state index contributed by atoms with van der Waals surface area (Å²) in [5.74, 6) is -12.2. The van der Waals surface area contributed by atoms with Crippen molar-refractivity contribution in [1.82, 2.24) is 42.5 Å². The van der Waals surface area contributed by atoms with Gasteiger partial charge in [0, 0.05) is 19.4 Å². The topological polar surface area (TPSA) is 435 Å². The number of aliphatic carboxylic acids is 3. The first kappa shape index (κ1) is 67.8. The van der Waals surface area contributed by atoms with Crippen LogP contribution < -0.4 is 59.7 Å². The van der Waals surface area contributed by atoms with Crippen LogP contribution in [0.4, 0.5) is 0 Å². The van der Waals surface area contributed by atoms with Crippen LogP contribution in [-0.2, 0) is 52.7 Å². The van der Waals surface area contributed by atoms with Gasteiger partial charge in [-0.25, -0.2) is 4.79 Å². The average molecular weight is 1070 g/mol. The zero-order chi connectivity index (χ0) is 57.0. The largest absolute Gasteiger partial charge is 0.481 e. The molecule has 0 aromatic carbocycles. The van der Waals surface area contributed by atoms with Gasteiger partial charge in [0.2, 0.25) is 47.3 Å². The number of hydrogen-bond donors (Lipinski definition) is 14. The minimum absolute atomic E-state index is 0.0251. The first-order valence-electron chi connectivity index (χ1n) is 24.8. The Hall–Kier alpha value is -6.25. The third-order valence-corrected chi connectivity index (χ3v) is 12.1. The van der Waals surface area contributed by atoms with Gasteiger partial charge < -0.3 is 75.1 Å². The number of amides is 8. The molecule has 0 radical (unpaired) electrons. The second kappa shape index (κ2) is 35.0. The maximum atomic E-state index is 14.1. The van der Waals surface area contributed by atoms with E-state index in [0.717, 1.165) is 0 Å². The Morgan fingerprint density at radius 1 is 0.500 bits per heavy atom. The van der Waals surface area contributed by atoms with E-state index in [4.69, 9.17) is 17.2 Å². The van der Waals surface area contributed by atoms with Crippen LogP contribution in [0, 0.1) is 23.7 Å². The van der Waals surface area contributed by atoms with Gasteiger partial charge in [-0.05, 0) is 87.5 Å². The van der Waals surface area contributed by atoms with E-state index in [1.165, 1.54) is 18.7 Å². The van der Waals surface area contributed by atoms with Gasteiger partial charge in [-0.15, -0.1) is 0 Å². The zero-order valence-electron chi connectivity index (χ0n) is 44.4. The number of rotatable bonds is 37. The van der Waals surface area contributed by atoms with Gasteiger partial charge in [0.25, 0.3) is 0 Å². The number of thioether (sulfide) groups is 1. The predicted molar refractivity (Wildman–Crippen MR) is 277 cm³/mol. The fourth-order valence-corrected chi connectivity index (χ4v) is 7.61. The minimum atomic E-state index is -1.61. The fraction of sp³-hybridized carbons (Fsp3) is 0.745. The molecule has 17 N–H and O–H groups in total. The van der Waals surface area contributed by atoms with Crippen LogP contribution in [0.1, 0.15) is 127 Å². The predicted octanol–water partition coefficient (Wildman–Crippen LogP) is -1.37. The van der Waals surface area contributed by atoms with E-state index in [0.29, 0.717) is 12.2 Å². The van der Waals surface area contributed by atoms with E-state index in [1.807, 2.05) is 0 Å². The van der Waals surface area contributed by atoms with E-state index >= 15 is 0 Å². The number of guanidine groups is 1. The fourth-order valence-electron chi connectivity index (χ4n) is 7.13. The Morgan fingerprint density at radius 2 is 0.878 bits per heavy atom. The molecule has 422 valence electrons. The summed E-state index contributed by atoms with van der Waals surface area (Å²) in [5.41, 5.74) is 16.5. The second-order valence-electron chi connectivity index (χ2n) is 19.5. The SMILES string of the molecule is CC[C@H](C)[C@H](NC(=O)[C@H](CCSC)NC(=O)[C@H](C)N)C(=O)N[C@@H](CCC(=O)O)C(=O)N[C@@H](CC(C)C)C(=O)N[C@H](C(=O)N[C@@H](CCC(=O)O)C(=O)N[C@@H](CCCN=C(N)N)C(=O)N[C@@H](CC(C)C)C(=O)O)C(C)C. The molecular formula is C47H84N12O14S. The van der Waals surface area contributed by atoms with Crippen LogP contribution in [0.5, 0.6) is 0 Å². The highest BCUT2D eigenvalue weighted by molar-refractivity contribution is 7.98.